The lowest BCUT2D eigenvalue weighted by Crippen LogP contribution is -1.96. The Hall–Kier alpha value is -3.45. The third kappa shape index (κ3) is 2.76. The number of imidazole rings is 1. The Morgan fingerprint density at radius 1 is 0.857 bits per heavy atom. The Bertz CT molecular complexity index is 1430. The van der Waals surface area contributed by atoms with Crippen molar-refractivity contribution < 1.29 is 8.42 Å². The summed E-state index contributed by atoms with van der Waals surface area (Å²) in [6.45, 7) is 0. The van der Waals surface area contributed by atoms with Gasteiger partial charge in [-0.05, 0) is 41.5 Å². The first-order valence-corrected chi connectivity index (χ1v) is 10.6. The minimum Gasteiger partial charge on any atom is -0.337 e. The summed E-state index contributed by atoms with van der Waals surface area (Å²) in [7, 11) is -3.20. The predicted octanol–water partition coefficient (Wildman–Crippen LogP) is 4.18. The summed E-state index contributed by atoms with van der Waals surface area (Å²) < 4.78 is 23.3. The van der Waals surface area contributed by atoms with Crippen LogP contribution in [-0.2, 0) is 9.84 Å². The Balaban J connectivity index is 1.57. The number of aromatic amines is 2. The van der Waals surface area contributed by atoms with Crippen LogP contribution in [0.3, 0.4) is 0 Å². The Morgan fingerprint density at radius 2 is 1.61 bits per heavy atom. The number of aromatic nitrogens is 4. The largest absolute Gasteiger partial charge is 0.337 e. The van der Waals surface area contributed by atoms with Crippen LogP contribution in [0.5, 0.6) is 0 Å². The lowest BCUT2D eigenvalue weighted by molar-refractivity contribution is 0.602. The molecular formula is C21H16N4O2S. The van der Waals surface area contributed by atoms with Crippen molar-refractivity contribution in [2.24, 2.45) is 0 Å². The minimum atomic E-state index is -3.20. The van der Waals surface area contributed by atoms with Gasteiger partial charge in [-0.15, -0.1) is 0 Å². The molecule has 2 aromatic heterocycles. The molecule has 2 N–H and O–H groups in total. The van der Waals surface area contributed by atoms with Crippen molar-refractivity contribution in [1.82, 2.24) is 20.2 Å². The molecule has 3 aromatic carbocycles. The van der Waals surface area contributed by atoms with Crippen LogP contribution in [0.15, 0.2) is 71.6 Å². The third-order valence-electron chi connectivity index (χ3n) is 4.79. The number of benzene rings is 3. The van der Waals surface area contributed by atoms with Gasteiger partial charge in [0.15, 0.2) is 15.7 Å². The summed E-state index contributed by atoms with van der Waals surface area (Å²) in [4.78, 5) is 8.33. The average Bonchev–Trinajstić information content (AvgIpc) is 3.30. The summed E-state index contributed by atoms with van der Waals surface area (Å²) in [5.74, 6) is 0.706. The number of fused-ring (bicyclic) bond motifs is 2. The van der Waals surface area contributed by atoms with Crippen molar-refractivity contribution in [3.05, 3.63) is 66.7 Å². The molecule has 7 heteroatoms. The van der Waals surface area contributed by atoms with E-state index in [-0.39, 0.29) is 0 Å². The number of hydrogen-bond acceptors (Lipinski definition) is 4. The molecule has 138 valence electrons. The molecule has 0 aliphatic rings. The SMILES string of the molecule is CS(=O)(=O)c1ccc(-c2ccc3nc(-c4n[nH]c5ccccc45)[nH]c3c2)cc1. The zero-order valence-electron chi connectivity index (χ0n) is 15.0. The van der Waals surface area contributed by atoms with Gasteiger partial charge >= 0.3 is 0 Å². The fraction of sp³-hybridized carbons (Fsp3) is 0.0476. The quantitative estimate of drug-likeness (QED) is 0.485. The molecule has 0 bridgehead atoms. The summed E-state index contributed by atoms with van der Waals surface area (Å²) in [5.41, 5.74) is 5.41. The van der Waals surface area contributed by atoms with Crippen LogP contribution in [0, 0.1) is 0 Å². The van der Waals surface area contributed by atoms with Crippen LogP contribution in [0.1, 0.15) is 0 Å². The van der Waals surface area contributed by atoms with Gasteiger partial charge in [0.1, 0.15) is 5.69 Å². The highest BCUT2D eigenvalue weighted by molar-refractivity contribution is 7.90. The van der Waals surface area contributed by atoms with E-state index in [0.717, 1.165) is 38.8 Å². The molecule has 5 aromatic rings. The topological polar surface area (TPSA) is 91.5 Å². The molecule has 0 unspecified atom stereocenters. The first-order valence-electron chi connectivity index (χ1n) is 8.73. The molecule has 0 aliphatic heterocycles. The number of nitrogens with one attached hydrogen (secondary N) is 2. The number of para-hydroxylation sites is 1. The van der Waals surface area contributed by atoms with E-state index < -0.39 is 9.84 Å². The number of hydrogen-bond donors (Lipinski definition) is 2. The van der Waals surface area contributed by atoms with Gasteiger partial charge in [-0.25, -0.2) is 13.4 Å². The second kappa shape index (κ2) is 6.03. The van der Waals surface area contributed by atoms with E-state index in [1.807, 2.05) is 54.6 Å². The van der Waals surface area contributed by atoms with Crippen molar-refractivity contribution in [2.75, 3.05) is 6.26 Å². The van der Waals surface area contributed by atoms with Crippen molar-refractivity contribution in [3.63, 3.8) is 0 Å². The van der Waals surface area contributed by atoms with Gasteiger partial charge in [0.2, 0.25) is 0 Å². The van der Waals surface area contributed by atoms with Crippen molar-refractivity contribution >= 4 is 31.8 Å². The van der Waals surface area contributed by atoms with Gasteiger partial charge in [0.25, 0.3) is 0 Å². The third-order valence-corrected chi connectivity index (χ3v) is 5.92. The highest BCUT2D eigenvalue weighted by Gasteiger charge is 2.13. The highest BCUT2D eigenvalue weighted by atomic mass is 32.2. The number of nitrogens with zero attached hydrogens (tertiary/aromatic N) is 2. The van der Waals surface area contributed by atoms with Crippen LogP contribution in [-0.4, -0.2) is 34.8 Å². The van der Waals surface area contributed by atoms with Crippen molar-refractivity contribution in [1.29, 1.82) is 0 Å². The monoisotopic (exact) mass is 388 g/mol. The molecule has 2 heterocycles. The van der Waals surface area contributed by atoms with Gasteiger partial charge in [0, 0.05) is 11.6 Å². The highest BCUT2D eigenvalue weighted by Crippen LogP contribution is 2.29. The maximum Gasteiger partial charge on any atom is 0.175 e. The predicted molar refractivity (Wildman–Crippen MR) is 110 cm³/mol. The van der Waals surface area contributed by atoms with Gasteiger partial charge in [0.05, 0.1) is 21.4 Å². The second-order valence-electron chi connectivity index (χ2n) is 6.73. The maximum atomic E-state index is 11.6. The summed E-state index contributed by atoms with van der Waals surface area (Å²) in [6, 6.07) is 20.7. The van der Waals surface area contributed by atoms with Crippen LogP contribution >= 0.6 is 0 Å². The fourth-order valence-corrected chi connectivity index (χ4v) is 3.97. The molecule has 0 saturated carbocycles. The van der Waals surface area contributed by atoms with E-state index in [1.165, 1.54) is 6.26 Å². The Morgan fingerprint density at radius 3 is 2.39 bits per heavy atom. The van der Waals surface area contributed by atoms with Crippen LogP contribution in [0.25, 0.3) is 44.6 Å². The first kappa shape index (κ1) is 16.7. The molecule has 0 fully saturated rings. The van der Waals surface area contributed by atoms with Gasteiger partial charge in [-0.3, -0.25) is 5.10 Å². The van der Waals surface area contributed by atoms with E-state index in [9.17, 15) is 8.42 Å². The number of sulfone groups is 1. The lowest BCUT2D eigenvalue weighted by Gasteiger charge is -2.03. The molecule has 0 atom stereocenters. The maximum absolute atomic E-state index is 11.6. The molecule has 0 spiro atoms. The zero-order valence-corrected chi connectivity index (χ0v) is 15.8. The van der Waals surface area contributed by atoms with Gasteiger partial charge in [-0.1, -0.05) is 36.4 Å². The first-order chi connectivity index (χ1) is 13.5. The summed E-state index contributed by atoms with van der Waals surface area (Å²) in [6.07, 6.45) is 1.21. The molecule has 0 saturated heterocycles. The van der Waals surface area contributed by atoms with Crippen LogP contribution < -0.4 is 0 Å². The molecule has 28 heavy (non-hydrogen) atoms. The normalized spacial score (nSPS) is 12.0. The standard InChI is InChI=1S/C21H16N4O2S/c1-28(26,27)15-9-6-13(7-10-15)14-8-11-18-19(12-14)23-21(22-18)20-16-4-2-3-5-17(16)24-25-20/h2-12H,1H3,(H,22,23)(H,24,25). The fourth-order valence-electron chi connectivity index (χ4n) is 3.34. The molecule has 0 aliphatic carbocycles. The van der Waals surface area contributed by atoms with E-state index >= 15 is 0 Å². The van der Waals surface area contributed by atoms with E-state index in [2.05, 4.69) is 20.2 Å². The molecule has 6 nitrogen and oxygen atoms in total. The van der Waals surface area contributed by atoms with Gasteiger partial charge in [-0.2, -0.15) is 5.10 Å². The molecule has 5 rings (SSSR count). The Labute approximate surface area is 161 Å². The average molecular weight is 388 g/mol. The minimum absolute atomic E-state index is 0.312. The second-order valence-corrected chi connectivity index (χ2v) is 8.75. The van der Waals surface area contributed by atoms with E-state index in [4.69, 9.17) is 0 Å². The number of rotatable bonds is 3. The molecule has 0 radical (unpaired) electrons. The molecule has 0 amide bonds. The van der Waals surface area contributed by atoms with E-state index in [0.29, 0.717) is 10.7 Å². The van der Waals surface area contributed by atoms with Crippen molar-refractivity contribution in [3.8, 4) is 22.6 Å². The molecular weight excluding hydrogens is 372 g/mol. The van der Waals surface area contributed by atoms with Crippen LogP contribution in [0.4, 0.5) is 0 Å². The van der Waals surface area contributed by atoms with Gasteiger partial charge < -0.3 is 4.98 Å². The zero-order chi connectivity index (χ0) is 19.3. The summed E-state index contributed by atoms with van der Waals surface area (Å²) in [5, 5.41) is 8.44. The Kier molecular flexibility index (Phi) is 3.60. The van der Waals surface area contributed by atoms with E-state index in [1.54, 1.807) is 12.1 Å². The van der Waals surface area contributed by atoms with Crippen LogP contribution in [0.2, 0.25) is 0 Å². The smallest absolute Gasteiger partial charge is 0.175 e. The number of H-pyrrole nitrogens is 2. The lowest BCUT2D eigenvalue weighted by atomic mass is 10.1. The van der Waals surface area contributed by atoms with Crippen molar-refractivity contribution in [2.45, 2.75) is 4.90 Å². The summed E-state index contributed by atoms with van der Waals surface area (Å²) >= 11 is 0.